The maximum Gasteiger partial charge on any atom is 0.255 e. The molecule has 6 heteroatoms. The van der Waals surface area contributed by atoms with Crippen molar-refractivity contribution in [3.8, 4) is 0 Å². The zero-order valence-electron chi connectivity index (χ0n) is 15.9. The third kappa shape index (κ3) is 5.33. The Balaban J connectivity index is 1.60. The first-order chi connectivity index (χ1) is 13.5. The van der Waals surface area contributed by atoms with Gasteiger partial charge >= 0.3 is 0 Å². The zero-order chi connectivity index (χ0) is 19.9. The molecule has 2 N–H and O–H groups in total. The first-order valence-electron chi connectivity index (χ1n) is 9.13. The Kier molecular flexibility index (Phi) is 6.66. The zero-order valence-corrected chi connectivity index (χ0v) is 16.8. The first-order valence-corrected chi connectivity index (χ1v) is 10.1. The lowest BCUT2D eigenvalue weighted by Gasteiger charge is -2.14. The van der Waals surface area contributed by atoms with Crippen LogP contribution in [0.2, 0.25) is 0 Å². The Bertz CT molecular complexity index is 988. The Labute approximate surface area is 168 Å². The lowest BCUT2D eigenvalue weighted by atomic mass is 10.1. The van der Waals surface area contributed by atoms with Crippen LogP contribution in [0.1, 0.15) is 35.3 Å². The van der Waals surface area contributed by atoms with Gasteiger partial charge in [0.2, 0.25) is 5.91 Å². The van der Waals surface area contributed by atoms with Gasteiger partial charge in [-0.2, -0.15) is 0 Å². The summed E-state index contributed by atoms with van der Waals surface area (Å²) in [5, 5.41) is 3.42. The molecule has 0 saturated heterocycles. The molecule has 3 rings (SSSR count). The molecule has 28 heavy (non-hydrogen) atoms. The number of benzene rings is 2. The molecule has 0 saturated carbocycles. The van der Waals surface area contributed by atoms with Crippen LogP contribution in [0.3, 0.4) is 0 Å². The summed E-state index contributed by atoms with van der Waals surface area (Å²) < 4.78 is 0. The number of thioether (sulfide) groups is 1. The standard InChI is InChI=1S/C22H23N3O2S/c1-15(18-11-7-4-8-12-18)23-20(26)14-28-22-24-16(2)19(21(27)25-22)13-17-9-5-3-6-10-17/h3-12,15H,13-14H2,1-2H3,(H,23,26)(H,24,25,27)/t15-/m0/s1. The van der Waals surface area contributed by atoms with Gasteiger partial charge in [-0.1, -0.05) is 72.4 Å². The lowest BCUT2D eigenvalue weighted by molar-refractivity contribution is -0.119. The third-order valence-electron chi connectivity index (χ3n) is 4.44. The quantitative estimate of drug-likeness (QED) is 0.475. The molecule has 0 fully saturated rings. The Morgan fingerprint density at radius 2 is 1.75 bits per heavy atom. The first kappa shape index (κ1) is 19.9. The average molecular weight is 394 g/mol. The smallest absolute Gasteiger partial charge is 0.255 e. The molecule has 1 amide bonds. The van der Waals surface area contributed by atoms with Crippen molar-refractivity contribution >= 4 is 17.7 Å². The summed E-state index contributed by atoms with van der Waals surface area (Å²) in [6.45, 7) is 3.77. The van der Waals surface area contributed by atoms with Crippen molar-refractivity contribution in [2.75, 3.05) is 5.75 Å². The van der Waals surface area contributed by atoms with Crippen molar-refractivity contribution in [1.29, 1.82) is 0 Å². The van der Waals surface area contributed by atoms with Gasteiger partial charge in [-0.15, -0.1) is 0 Å². The van der Waals surface area contributed by atoms with Crippen LogP contribution < -0.4 is 10.9 Å². The third-order valence-corrected chi connectivity index (χ3v) is 5.31. The van der Waals surface area contributed by atoms with Gasteiger partial charge in [0.15, 0.2) is 5.16 Å². The maximum absolute atomic E-state index is 12.5. The molecule has 0 radical (unpaired) electrons. The minimum Gasteiger partial charge on any atom is -0.349 e. The van der Waals surface area contributed by atoms with Gasteiger partial charge < -0.3 is 10.3 Å². The van der Waals surface area contributed by atoms with E-state index in [0.717, 1.165) is 11.1 Å². The molecule has 144 valence electrons. The van der Waals surface area contributed by atoms with E-state index >= 15 is 0 Å². The molecule has 3 aromatic rings. The van der Waals surface area contributed by atoms with E-state index in [4.69, 9.17) is 0 Å². The number of H-pyrrole nitrogens is 1. The van der Waals surface area contributed by atoms with Crippen LogP contribution in [0.5, 0.6) is 0 Å². The van der Waals surface area contributed by atoms with Gasteiger partial charge in [-0.05, 0) is 25.0 Å². The summed E-state index contributed by atoms with van der Waals surface area (Å²) in [5.41, 5.74) is 3.30. The SMILES string of the molecule is Cc1nc(SCC(=O)N[C@@H](C)c2ccccc2)[nH]c(=O)c1Cc1ccccc1. The minimum absolute atomic E-state index is 0.0729. The second-order valence-electron chi connectivity index (χ2n) is 6.59. The predicted octanol–water partition coefficient (Wildman–Crippen LogP) is 3.64. The van der Waals surface area contributed by atoms with Crippen LogP contribution >= 0.6 is 11.8 Å². The molecule has 1 atom stereocenters. The number of aromatic nitrogens is 2. The van der Waals surface area contributed by atoms with Crippen LogP contribution in [-0.4, -0.2) is 21.6 Å². The van der Waals surface area contributed by atoms with E-state index in [1.54, 1.807) is 0 Å². The van der Waals surface area contributed by atoms with Gasteiger partial charge in [-0.3, -0.25) is 9.59 Å². The van der Waals surface area contributed by atoms with Gasteiger partial charge in [0.25, 0.3) is 5.56 Å². The summed E-state index contributed by atoms with van der Waals surface area (Å²) in [5.74, 6) is 0.0902. The molecule has 2 aromatic carbocycles. The molecule has 1 heterocycles. The number of carbonyl (C=O) groups is 1. The monoisotopic (exact) mass is 393 g/mol. The Morgan fingerprint density at radius 3 is 2.39 bits per heavy atom. The fraction of sp³-hybridized carbons (Fsp3) is 0.227. The fourth-order valence-corrected chi connectivity index (χ4v) is 3.62. The summed E-state index contributed by atoms with van der Waals surface area (Å²) in [7, 11) is 0. The topological polar surface area (TPSA) is 74.8 Å². The van der Waals surface area contributed by atoms with Crippen LogP contribution in [0, 0.1) is 6.92 Å². The summed E-state index contributed by atoms with van der Waals surface area (Å²) in [6, 6.07) is 19.5. The highest BCUT2D eigenvalue weighted by molar-refractivity contribution is 7.99. The van der Waals surface area contributed by atoms with E-state index in [-0.39, 0.29) is 23.3 Å². The van der Waals surface area contributed by atoms with E-state index in [9.17, 15) is 9.59 Å². The molecule has 0 unspecified atom stereocenters. The number of nitrogens with zero attached hydrogens (tertiary/aromatic N) is 1. The van der Waals surface area contributed by atoms with Crippen LogP contribution in [0.25, 0.3) is 0 Å². The molecule has 0 bridgehead atoms. The van der Waals surface area contributed by atoms with E-state index in [0.29, 0.717) is 22.8 Å². The number of hydrogen-bond donors (Lipinski definition) is 2. The van der Waals surface area contributed by atoms with E-state index in [1.165, 1.54) is 11.8 Å². The van der Waals surface area contributed by atoms with Crippen molar-refractivity contribution in [3.05, 3.63) is 93.4 Å². The second-order valence-corrected chi connectivity index (χ2v) is 7.55. The highest BCUT2D eigenvalue weighted by Crippen LogP contribution is 2.16. The van der Waals surface area contributed by atoms with Crippen LogP contribution in [-0.2, 0) is 11.2 Å². The maximum atomic E-state index is 12.5. The number of carbonyl (C=O) groups excluding carboxylic acids is 1. The van der Waals surface area contributed by atoms with Crippen molar-refractivity contribution in [2.45, 2.75) is 31.5 Å². The second kappa shape index (κ2) is 9.37. The van der Waals surface area contributed by atoms with Gasteiger partial charge in [-0.25, -0.2) is 4.98 Å². The normalized spacial score (nSPS) is 11.8. The van der Waals surface area contributed by atoms with Crippen molar-refractivity contribution in [1.82, 2.24) is 15.3 Å². The number of aromatic amines is 1. The molecule has 0 spiro atoms. The Hall–Kier alpha value is -2.86. The van der Waals surface area contributed by atoms with Crippen molar-refractivity contribution in [2.24, 2.45) is 0 Å². The summed E-state index contributed by atoms with van der Waals surface area (Å²) >= 11 is 1.23. The highest BCUT2D eigenvalue weighted by Gasteiger charge is 2.13. The largest absolute Gasteiger partial charge is 0.349 e. The number of hydrogen-bond acceptors (Lipinski definition) is 4. The van der Waals surface area contributed by atoms with Crippen molar-refractivity contribution < 1.29 is 4.79 Å². The average Bonchev–Trinajstić information content (AvgIpc) is 2.70. The minimum atomic E-state index is -0.156. The lowest BCUT2D eigenvalue weighted by Crippen LogP contribution is -2.28. The van der Waals surface area contributed by atoms with Gasteiger partial charge in [0, 0.05) is 17.7 Å². The van der Waals surface area contributed by atoms with Gasteiger partial charge in [0.1, 0.15) is 0 Å². The van der Waals surface area contributed by atoms with E-state index in [1.807, 2.05) is 74.5 Å². The molecule has 0 aliphatic heterocycles. The van der Waals surface area contributed by atoms with E-state index < -0.39 is 0 Å². The molecular formula is C22H23N3O2S. The molecular weight excluding hydrogens is 370 g/mol. The molecule has 5 nitrogen and oxygen atoms in total. The Morgan fingerprint density at radius 1 is 1.11 bits per heavy atom. The predicted molar refractivity (Wildman–Crippen MR) is 113 cm³/mol. The molecule has 0 aliphatic rings. The number of aryl methyl sites for hydroxylation is 1. The fourth-order valence-electron chi connectivity index (χ4n) is 2.90. The number of rotatable bonds is 7. The van der Waals surface area contributed by atoms with Crippen molar-refractivity contribution in [3.63, 3.8) is 0 Å². The van der Waals surface area contributed by atoms with Crippen LogP contribution in [0.15, 0.2) is 70.6 Å². The molecule has 0 aliphatic carbocycles. The van der Waals surface area contributed by atoms with E-state index in [2.05, 4.69) is 15.3 Å². The summed E-state index contributed by atoms with van der Waals surface area (Å²) in [6.07, 6.45) is 0.537. The van der Waals surface area contributed by atoms with Gasteiger partial charge in [0.05, 0.1) is 11.8 Å². The highest BCUT2D eigenvalue weighted by atomic mass is 32.2. The number of amides is 1. The number of nitrogens with one attached hydrogen (secondary N) is 2. The van der Waals surface area contributed by atoms with Crippen LogP contribution in [0.4, 0.5) is 0 Å². The molecule has 1 aromatic heterocycles. The summed E-state index contributed by atoms with van der Waals surface area (Å²) in [4.78, 5) is 32.0.